The maximum atomic E-state index is 12.1. The lowest BCUT2D eigenvalue weighted by atomic mass is 10.0. The van der Waals surface area contributed by atoms with Crippen molar-refractivity contribution in [1.82, 2.24) is 15.3 Å². The Balaban J connectivity index is 1.58. The number of nitrogens with one attached hydrogen (secondary N) is 1. The highest BCUT2D eigenvalue weighted by Crippen LogP contribution is 2.22. The van der Waals surface area contributed by atoms with Crippen molar-refractivity contribution in [2.24, 2.45) is 0 Å². The number of aryl methyl sites for hydroxylation is 2. The molecule has 0 aliphatic rings. The lowest BCUT2D eigenvalue weighted by Crippen LogP contribution is -2.24. The van der Waals surface area contributed by atoms with Crippen molar-refractivity contribution < 1.29 is 4.79 Å². The van der Waals surface area contributed by atoms with Gasteiger partial charge in [-0.15, -0.1) is 0 Å². The van der Waals surface area contributed by atoms with E-state index >= 15 is 0 Å². The predicted octanol–water partition coefficient (Wildman–Crippen LogP) is 3.76. The van der Waals surface area contributed by atoms with Crippen molar-refractivity contribution in [2.45, 2.75) is 26.3 Å². The first-order chi connectivity index (χ1) is 11.7. The first kappa shape index (κ1) is 16.3. The number of rotatable bonds is 6. The zero-order valence-corrected chi connectivity index (χ0v) is 14.3. The van der Waals surface area contributed by atoms with Crippen molar-refractivity contribution in [3.05, 3.63) is 70.3 Å². The molecule has 24 heavy (non-hydrogen) atoms. The van der Waals surface area contributed by atoms with Crippen molar-refractivity contribution in [2.75, 3.05) is 0 Å². The number of aromatic nitrogens is 2. The lowest BCUT2D eigenvalue weighted by Gasteiger charge is -2.09. The normalized spacial score (nSPS) is 10.5. The maximum Gasteiger partial charge on any atom is 0.220 e. The second kappa shape index (κ2) is 7.84. The van der Waals surface area contributed by atoms with E-state index < -0.39 is 0 Å². The lowest BCUT2D eigenvalue weighted by molar-refractivity contribution is -0.121. The van der Waals surface area contributed by atoms with Gasteiger partial charge in [0.2, 0.25) is 5.91 Å². The molecule has 0 radical (unpaired) electrons. The van der Waals surface area contributed by atoms with Gasteiger partial charge in [0.25, 0.3) is 0 Å². The Labute approximate surface area is 145 Å². The molecule has 0 atom stereocenters. The summed E-state index contributed by atoms with van der Waals surface area (Å²) in [5.74, 6) is 0.0279. The van der Waals surface area contributed by atoms with Gasteiger partial charge in [0.1, 0.15) is 0 Å². The number of hydrogen-bond donors (Lipinski definition) is 1. The molecule has 2 aromatic heterocycles. The van der Waals surface area contributed by atoms with E-state index in [0.29, 0.717) is 13.0 Å². The molecule has 0 fully saturated rings. The molecule has 2 heterocycles. The van der Waals surface area contributed by atoms with Gasteiger partial charge in [0.15, 0.2) is 0 Å². The Kier molecular flexibility index (Phi) is 5.33. The second-order valence-corrected chi connectivity index (χ2v) is 6.35. The standard InChI is InChI=1S/C19H19N3OS/c1-14-4-2-3-5-15(14)6-7-18(23)22-12-17-19(21-10-9-20-17)16-8-11-24-13-16/h2-5,8-11,13H,6-7,12H2,1H3,(H,22,23). The van der Waals surface area contributed by atoms with Gasteiger partial charge in [0, 0.05) is 29.8 Å². The number of amides is 1. The molecule has 1 N–H and O–H groups in total. The number of nitrogens with zero attached hydrogens (tertiary/aromatic N) is 2. The molecule has 5 heteroatoms. The van der Waals surface area contributed by atoms with E-state index in [-0.39, 0.29) is 5.91 Å². The van der Waals surface area contributed by atoms with E-state index in [4.69, 9.17) is 0 Å². The monoisotopic (exact) mass is 337 g/mol. The topological polar surface area (TPSA) is 54.9 Å². The van der Waals surface area contributed by atoms with Gasteiger partial charge in [-0.05, 0) is 35.9 Å². The molecule has 1 aromatic carbocycles. The molecule has 122 valence electrons. The highest BCUT2D eigenvalue weighted by Gasteiger charge is 2.10. The van der Waals surface area contributed by atoms with Crippen molar-refractivity contribution in [1.29, 1.82) is 0 Å². The highest BCUT2D eigenvalue weighted by atomic mass is 32.1. The molecule has 0 spiro atoms. The van der Waals surface area contributed by atoms with Crippen LogP contribution in [0.3, 0.4) is 0 Å². The van der Waals surface area contributed by atoms with Crippen LogP contribution in [-0.4, -0.2) is 15.9 Å². The summed E-state index contributed by atoms with van der Waals surface area (Å²) in [5.41, 5.74) is 5.10. The van der Waals surface area contributed by atoms with Crippen LogP contribution in [0.1, 0.15) is 23.2 Å². The molecule has 0 saturated carbocycles. The number of thiophene rings is 1. The van der Waals surface area contributed by atoms with E-state index in [1.165, 1.54) is 11.1 Å². The van der Waals surface area contributed by atoms with Crippen molar-refractivity contribution >= 4 is 17.2 Å². The molecule has 1 amide bonds. The molecule has 0 bridgehead atoms. The molecule has 0 aliphatic carbocycles. The Bertz CT molecular complexity index is 815. The summed E-state index contributed by atoms with van der Waals surface area (Å²) in [6, 6.07) is 10.2. The fourth-order valence-corrected chi connectivity index (χ4v) is 3.19. The van der Waals surface area contributed by atoms with Gasteiger partial charge in [-0.2, -0.15) is 11.3 Å². The van der Waals surface area contributed by atoms with E-state index in [1.807, 2.05) is 29.0 Å². The third-order valence-corrected chi connectivity index (χ3v) is 4.59. The van der Waals surface area contributed by atoms with Gasteiger partial charge in [-0.25, -0.2) is 0 Å². The SMILES string of the molecule is Cc1ccccc1CCC(=O)NCc1nccnc1-c1ccsc1. The second-order valence-electron chi connectivity index (χ2n) is 5.57. The largest absolute Gasteiger partial charge is 0.350 e. The van der Waals surface area contributed by atoms with Crippen LogP contribution in [0.5, 0.6) is 0 Å². The molecule has 0 saturated heterocycles. The minimum absolute atomic E-state index is 0.0279. The first-order valence-electron chi connectivity index (χ1n) is 7.87. The zero-order chi connectivity index (χ0) is 16.8. The smallest absolute Gasteiger partial charge is 0.220 e. The minimum atomic E-state index is 0.0279. The predicted molar refractivity (Wildman–Crippen MR) is 96.7 cm³/mol. The Hall–Kier alpha value is -2.53. The van der Waals surface area contributed by atoms with Crippen LogP contribution >= 0.6 is 11.3 Å². The summed E-state index contributed by atoms with van der Waals surface area (Å²) in [6.45, 7) is 2.46. The van der Waals surface area contributed by atoms with Crippen LogP contribution in [0, 0.1) is 6.92 Å². The Morgan fingerprint density at radius 3 is 2.79 bits per heavy atom. The van der Waals surface area contributed by atoms with E-state index in [9.17, 15) is 4.79 Å². The zero-order valence-electron chi connectivity index (χ0n) is 13.5. The summed E-state index contributed by atoms with van der Waals surface area (Å²) < 4.78 is 0. The van der Waals surface area contributed by atoms with Crippen LogP contribution < -0.4 is 5.32 Å². The van der Waals surface area contributed by atoms with E-state index in [2.05, 4.69) is 34.3 Å². The molecule has 4 nitrogen and oxygen atoms in total. The van der Waals surface area contributed by atoms with Crippen molar-refractivity contribution in [3.8, 4) is 11.3 Å². The summed E-state index contributed by atoms with van der Waals surface area (Å²) in [6.07, 6.45) is 4.55. The van der Waals surface area contributed by atoms with Crippen LogP contribution in [0.25, 0.3) is 11.3 Å². The van der Waals surface area contributed by atoms with Crippen molar-refractivity contribution in [3.63, 3.8) is 0 Å². The summed E-state index contributed by atoms with van der Waals surface area (Å²) in [5, 5.41) is 7.00. The number of carbonyl (C=O) groups is 1. The van der Waals surface area contributed by atoms with Gasteiger partial charge in [0.05, 0.1) is 17.9 Å². The fourth-order valence-electron chi connectivity index (χ4n) is 2.55. The Morgan fingerprint density at radius 2 is 2.00 bits per heavy atom. The summed E-state index contributed by atoms with van der Waals surface area (Å²) in [7, 11) is 0. The minimum Gasteiger partial charge on any atom is -0.350 e. The number of benzene rings is 1. The summed E-state index contributed by atoms with van der Waals surface area (Å²) in [4.78, 5) is 20.9. The van der Waals surface area contributed by atoms with Gasteiger partial charge >= 0.3 is 0 Å². The maximum absolute atomic E-state index is 12.1. The molecule has 0 unspecified atom stereocenters. The number of carbonyl (C=O) groups excluding carboxylic acids is 1. The average molecular weight is 337 g/mol. The van der Waals surface area contributed by atoms with Crippen LogP contribution in [0.2, 0.25) is 0 Å². The van der Waals surface area contributed by atoms with Gasteiger partial charge in [-0.1, -0.05) is 24.3 Å². The average Bonchev–Trinajstić information content (AvgIpc) is 3.14. The van der Waals surface area contributed by atoms with Gasteiger partial charge < -0.3 is 5.32 Å². The molecule has 3 rings (SSSR count). The van der Waals surface area contributed by atoms with E-state index in [1.54, 1.807) is 23.7 Å². The molecular formula is C19H19N3OS. The number of hydrogen-bond acceptors (Lipinski definition) is 4. The summed E-state index contributed by atoms with van der Waals surface area (Å²) >= 11 is 1.62. The van der Waals surface area contributed by atoms with Crippen LogP contribution in [0.4, 0.5) is 0 Å². The fraction of sp³-hybridized carbons (Fsp3) is 0.211. The van der Waals surface area contributed by atoms with Gasteiger partial charge in [-0.3, -0.25) is 14.8 Å². The molecule has 0 aliphatic heterocycles. The Morgan fingerprint density at radius 1 is 1.17 bits per heavy atom. The van der Waals surface area contributed by atoms with E-state index in [0.717, 1.165) is 23.4 Å². The molecule has 3 aromatic rings. The third kappa shape index (κ3) is 4.06. The van der Waals surface area contributed by atoms with Crippen LogP contribution in [-0.2, 0) is 17.8 Å². The third-order valence-electron chi connectivity index (χ3n) is 3.90. The quantitative estimate of drug-likeness (QED) is 0.745. The highest BCUT2D eigenvalue weighted by molar-refractivity contribution is 7.08. The first-order valence-corrected chi connectivity index (χ1v) is 8.82. The molecular weight excluding hydrogens is 318 g/mol. The van der Waals surface area contributed by atoms with Crippen LogP contribution in [0.15, 0.2) is 53.5 Å².